The molecule has 1 aromatic rings. The third kappa shape index (κ3) is 5.03. The Balaban J connectivity index is 2.06. The van der Waals surface area contributed by atoms with Crippen LogP contribution in [-0.2, 0) is 10.0 Å². The molecular formula is C13H19F3N4O2S. The van der Waals surface area contributed by atoms with Crippen molar-refractivity contribution >= 4 is 15.8 Å². The molecule has 130 valence electrons. The number of alkyl halides is 3. The minimum absolute atomic E-state index is 0.326. The van der Waals surface area contributed by atoms with Crippen molar-refractivity contribution in [3.8, 4) is 0 Å². The van der Waals surface area contributed by atoms with Gasteiger partial charge in [0.05, 0.1) is 6.26 Å². The maximum absolute atomic E-state index is 12.6. The molecule has 0 unspecified atom stereocenters. The molecule has 23 heavy (non-hydrogen) atoms. The number of hydrogen-bond donors (Lipinski definition) is 0. The van der Waals surface area contributed by atoms with E-state index in [9.17, 15) is 21.6 Å². The Hall–Kier alpha value is -1.42. The molecule has 0 amide bonds. The number of anilines is 1. The fraction of sp³-hybridized carbons (Fsp3) is 0.692. The molecule has 1 aromatic heterocycles. The van der Waals surface area contributed by atoms with Gasteiger partial charge in [-0.3, -0.25) is 0 Å². The molecule has 1 aliphatic heterocycles. The Kier molecular flexibility index (Phi) is 5.14. The molecular weight excluding hydrogens is 333 g/mol. The smallest absolute Gasteiger partial charge is 0.356 e. The summed E-state index contributed by atoms with van der Waals surface area (Å²) in [5.41, 5.74) is 0.798. The Morgan fingerprint density at radius 3 is 2.39 bits per heavy atom. The molecule has 1 fully saturated rings. The van der Waals surface area contributed by atoms with Crippen molar-refractivity contribution in [2.24, 2.45) is 0 Å². The summed E-state index contributed by atoms with van der Waals surface area (Å²) >= 11 is 0. The van der Waals surface area contributed by atoms with Gasteiger partial charge >= 0.3 is 6.18 Å². The van der Waals surface area contributed by atoms with Crippen LogP contribution in [0.5, 0.6) is 0 Å². The van der Waals surface area contributed by atoms with Crippen molar-refractivity contribution < 1.29 is 21.6 Å². The molecule has 0 aromatic carbocycles. The number of sulfonamides is 1. The number of aromatic nitrogens is 2. The van der Waals surface area contributed by atoms with E-state index in [1.54, 1.807) is 6.07 Å². The summed E-state index contributed by atoms with van der Waals surface area (Å²) in [7, 11) is -3.92. The normalized spacial score (nSPS) is 17.7. The molecule has 0 spiro atoms. The monoisotopic (exact) mass is 352 g/mol. The molecule has 1 saturated heterocycles. The highest BCUT2D eigenvalue weighted by Crippen LogP contribution is 2.26. The molecule has 0 radical (unpaired) electrons. The minimum atomic E-state index is -4.55. The highest BCUT2D eigenvalue weighted by Gasteiger charge is 2.39. The van der Waals surface area contributed by atoms with Gasteiger partial charge in [0.15, 0.2) is 0 Å². The summed E-state index contributed by atoms with van der Waals surface area (Å²) in [6.07, 6.45) is -1.65. The first kappa shape index (κ1) is 17.9. The van der Waals surface area contributed by atoms with Crippen LogP contribution in [-0.4, -0.2) is 60.8 Å². The predicted molar refractivity (Wildman–Crippen MR) is 79.6 cm³/mol. The average Bonchev–Trinajstić information content (AvgIpc) is 2.43. The van der Waals surface area contributed by atoms with Crippen molar-refractivity contribution in [3.05, 3.63) is 18.1 Å². The maximum Gasteiger partial charge on any atom is 0.402 e. The van der Waals surface area contributed by atoms with E-state index in [0.29, 0.717) is 36.1 Å². The Labute approximate surface area is 133 Å². The van der Waals surface area contributed by atoms with Gasteiger partial charge in [-0.05, 0) is 19.8 Å². The molecule has 0 aliphatic carbocycles. The van der Waals surface area contributed by atoms with E-state index in [1.807, 2.05) is 11.8 Å². The lowest BCUT2D eigenvalue weighted by atomic mass is 10.0. The van der Waals surface area contributed by atoms with Gasteiger partial charge in [-0.15, -0.1) is 0 Å². The zero-order chi connectivity index (χ0) is 17.3. The lowest BCUT2D eigenvalue weighted by Gasteiger charge is -2.37. The molecule has 2 rings (SSSR count). The third-order valence-corrected chi connectivity index (χ3v) is 5.03. The SMILES string of the molecule is Cc1cc(N2CCC(N(CC(F)(F)F)S(C)(=O)=O)CC2)ncn1. The summed E-state index contributed by atoms with van der Waals surface area (Å²) in [6.45, 7) is 1.28. The fourth-order valence-electron chi connectivity index (χ4n) is 2.69. The Morgan fingerprint density at radius 1 is 1.30 bits per heavy atom. The van der Waals surface area contributed by atoms with Gasteiger partial charge in [-0.2, -0.15) is 17.5 Å². The van der Waals surface area contributed by atoms with Crippen LogP contribution in [0, 0.1) is 6.92 Å². The number of hydrogen-bond acceptors (Lipinski definition) is 5. The molecule has 2 heterocycles. The van der Waals surface area contributed by atoms with Gasteiger partial charge in [0.2, 0.25) is 10.0 Å². The number of nitrogens with zero attached hydrogens (tertiary/aromatic N) is 4. The van der Waals surface area contributed by atoms with Crippen LogP contribution in [0.25, 0.3) is 0 Å². The number of aryl methyl sites for hydroxylation is 1. The molecule has 10 heteroatoms. The van der Waals surface area contributed by atoms with Crippen molar-refractivity contribution in [1.29, 1.82) is 0 Å². The second-order valence-corrected chi connectivity index (χ2v) is 7.59. The molecule has 1 aliphatic rings. The maximum atomic E-state index is 12.6. The Morgan fingerprint density at radius 2 is 1.91 bits per heavy atom. The van der Waals surface area contributed by atoms with Gasteiger partial charge in [0, 0.05) is 30.9 Å². The summed E-state index contributed by atoms with van der Waals surface area (Å²) in [5, 5.41) is 0. The third-order valence-electron chi connectivity index (χ3n) is 3.75. The van der Waals surface area contributed by atoms with Crippen LogP contribution in [0.15, 0.2) is 12.4 Å². The lowest BCUT2D eigenvalue weighted by Crippen LogP contribution is -2.50. The van der Waals surface area contributed by atoms with Gasteiger partial charge in [0.1, 0.15) is 18.7 Å². The van der Waals surface area contributed by atoms with E-state index in [0.717, 1.165) is 11.9 Å². The van der Waals surface area contributed by atoms with Gasteiger partial charge in [-0.25, -0.2) is 18.4 Å². The molecule has 0 atom stereocenters. The summed E-state index contributed by atoms with van der Waals surface area (Å²) in [6, 6.07) is 1.15. The van der Waals surface area contributed by atoms with Crippen molar-refractivity contribution in [1.82, 2.24) is 14.3 Å². The number of halogens is 3. The van der Waals surface area contributed by atoms with Crippen molar-refractivity contribution in [3.63, 3.8) is 0 Å². The van der Waals surface area contributed by atoms with Crippen molar-refractivity contribution in [2.75, 3.05) is 30.8 Å². The van der Waals surface area contributed by atoms with Gasteiger partial charge in [0.25, 0.3) is 0 Å². The van der Waals surface area contributed by atoms with Gasteiger partial charge in [-0.1, -0.05) is 0 Å². The second-order valence-electron chi connectivity index (χ2n) is 5.66. The zero-order valence-electron chi connectivity index (χ0n) is 12.9. The number of rotatable bonds is 4. The standard InChI is InChI=1S/C13H19F3N4O2S/c1-10-7-12(18-9-17-10)19-5-3-11(4-6-19)20(23(2,21)22)8-13(14,15)16/h7,9,11H,3-6,8H2,1-2H3. The number of piperidine rings is 1. The first-order valence-electron chi connectivity index (χ1n) is 7.13. The minimum Gasteiger partial charge on any atom is -0.356 e. The average molecular weight is 352 g/mol. The highest BCUT2D eigenvalue weighted by atomic mass is 32.2. The van der Waals surface area contributed by atoms with Gasteiger partial charge < -0.3 is 4.90 Å². The van der Waals surface area contributed by atoms with Crippen LogP contribution in [0.2, 0.25) is 0 Å². The second kappa shape index (κ2) is 6.60. The van der Waals surface area contributed by atoms with E-state index in [2.05, 4.69) is 9.97 Å². The summed E-state index contributed by atoms with van der Waals surface area (Å²) in [4.78, 5) is 10.1. The van der Waals surface area contributed by atoms with Crippen LogP contribution in [0.1, 0.15) is 18.5 Å². The van der Waals surface area contributed by atoms with Crippen LogP contribution in [0.4, 0.5) is 19.0 Å². The van der Waals surface area contributed by atoms with E-state index < -0.39 is 28.8 Å². The largest absolute Gasteiger partial charge is 0.402 e. The molecule has 0 N–H and O–H groups in total. The van der Waals surface area contributed by atoms with Crippen molar-refractivity contribution in [2.45, 2.75) is 32.0 Å². The predicted octanol–water partition coefficient (Wildman–Crippen LogP) is 1.58. The zero-order valence-corrected chi connectivity index (χ0v) is 13.7. The summed E-state index contributed by atoms with van der Waals surface area (Å²) < 4.78 is 61.9. The fourth-order valence-corrected chi connectivity index (χ4v) is 3.82. The van der Waals surface area contributed by atoms with Crippen LogP contribution in [0.3, 0.4) is 0 Å². The molecule has 0 saturated carbocycles. The molecule has 0 bridgehead atoms. The van der Waals surface area contributed by atoms with Crippen LogP contribution >= 0.6 is 0 Å². The first-order chi connectivity index (χ1) is 10.6. The quantitative estimate of drug-likeness (QED) is 0.823. The molecule has 6 nitrogen and oxygen atoms in total. The first-order valence-corrected chi connectivity index (χ1v) is 8.98. The lowest BCUT2D eigenvalue weighted by molar-refractivity contribution is -0.139. The van der Waals surface area contributed by atoms with Crippen LogP contribution < -0.4 is 4.90 Å². The van der Waals surface area contributed by atoms with E-state index in [1.165, 1.54) is 6.33 Å². The highest BCUT2D eigenvalue weighted by molar-refractivity contribution is 7.88. The summed E-state index contributed by atoms with van der Waals surface area (Å²) in [5.74, 6) is 0.706. The van der Waals surface area contributed by atoms with E-state index in [4.69, 9.17) is 0 Å². The Bertz CT molecular complexity index is 643. The van der Waals surface area contributed by atoms with E-state index >= 15 is 0 Å². The topological polar surface area (TPSA) is 66.4 Å². The van der Waals surface area contributed by atoms with E-state index in [-0.39, 0.29) is 0 Å².